The zero-order valence-electron chi connectivity index (χ0n) is 19.0. The Bertz CT molecular complexity index is 1000. The molecule has 1 aliphatic rings. The van der Waals surface area contributed by atoms with Crippen LogP contribution < -0.4 is 0 Å². The topological polar surface area (TPSA) is 74.6 Å². The van der Waals surface area contributed by atoms with Gasteiger partial charge in [0.2, 0.25) is 0 Å². The summed E-state index contributed by atoms with van der Waals surface area (Å²) >= 11 is 0. The van der Waals surface area contributed by atoms with Gasteiger partial charge in [0, 0.05) is 16.5 Å². The van der Waals surface area contributed by atoms with Gasteiger partial charge < -0.3 is 10.2 Å². The second-order valence-corrected chi connectivity index (χ2v) is 10.4. The van der Waals surface area contributed by atoms with Crippen LogP contribution in [0.4, 0.5) is 0 Å². The van der Waals surface area contributed by atoms with Crippen LogP contribution in [0.3, 0.4) is 0 Å². The summed E-state index contributed by atoms with van der Waals surface area (Å²) in [6, 6.07) is 13.2. The predicted molar refractivity (Wildman–Crippen MR) is 118 cm³/mol. The first kappa shape index (κ1) is 22.4. The van der Waals surface area contributed by atoms with E-state index in [1.165, 1.54) is 27.7 Å². The quantitative estimate of drug-likeness (QED) is 0.715. The number of hydrogen-bond acceptors (Lipinski definition) is 4. The van der Waals surface area contributed by atoms with E-state index in [1.54, 1.807) is 18.2 Å². The summed E-state index contributed by atoms with van der Waals surface area (Å²) in [5.41, 5.74) is 1.10. The molecular weight excluding hydrogens is 376 g/mol. The second kappa shape index (κ2) is 6.86. The molecule has 0 aromatic heterocycles. The van der Waals surface area contributed by atoms with E-state index in [-0.39, 0.29) is 22.4 Å². The summed E-state index contributed by atoms with van der Waals surface area (Å²) in [6.07, 6.45) is 0.802. The lowest BCUT2D eigenvalue weighted by Crippen LogP contribution is -2.37. The zero-order valence-corrected chi connectivity index (χ0v) is 19.0. The maximum Gasteiger partial charge on any atom is 0.193 e. The summed E-state index contributed by atoms with van der Waals surface area (Å²) in [6.45, 7) is 12.6. The first-order valence-corrected chi connectivity index (χ1v) is 10.4. The molecule has 0 bridgehead atoms. The Hall–Kier alpha value is -2.30. The van der Waals surface area contributed by atoms with Crippen molar-refractivity contribution in [3.8, 4) is 0 Å². The van der Waals surface area contributed by atoms with E-state index < -0.39 is 11.2 Å². The molecule has 2 aromatic carbocycles. The molecule has 0 saturated carbocycles. The lowest BCUT2D eigenvalue weighted by Gasteiger charge is -2.40. The number of Topliss-reactive ketones (excluding diaryl/α,β-unsaturated/α-hetero) is 2. The van der Waals surface area contributed by atoms with Gasteiger partial charge in [-0.25, -0.2) is 0 Å². The lowest BCUT2D eigenvalue weighted by molar-refractivity contribution is 0.0487. The zero-order chi connectivity index (χ0) is 22.7. The molecule has 30 heavy (non-hydrogen) atoms. The Kier molecular flexibility index (Phi) is 5.12. The van der Waals surface area contributed by atoms with Crippen molar-refractivity contribution < 1.29 is 19.8 Å². The molecule has 160 valence electrons. The van der Waals surface area contributed by atoms with Crippen LogP contribution in [0.15, 0.2) is 42.5 Å². The number of rotatable bonds is 5. The molecule has 1 atom stereocenters. The van der Waals surface area contributed by atoms with E-state index in [9.17, 15) is 19.8 Å². The van der Waals surface area contributed by atoms with Crippen LogP contribution >= 0.6 is 0 Å². The molecule has 0 spiro atoms. The maximum atomic E-state index is 12.5. The number of hydrogen-bond donors (Lipinski definition) is 2. The summed E-state index contributed by atoms with van der Waals surface area (Å²) < 4.78 is 0. The van der Waals surface area contributed by atoms with Crippen molar-refractivity contribution in [1.82, 2.24) is 0 Å². The van der Waals surface area contributed by atoms with Crippen LogP contribution in [0.2, 0.25) is 0 Å². The van der Waals surface area contributed by atoms with Crippen molar-refractivity contribution >= 4 is 11.6 Å². The minimum absolute atomic E-state index is 0.118. The fraction of sp³-hybridized carbons (Fsp3) is 0.462. The molecule has 0 fully saturated rings. The van der Waals surface area contributed by atoms with Gasteiger partial charge in [-0.3, -0.25) is 9.59 Å². The molecule has 3 rings (SSSR count). The Labute approximate surface area is 179 Å². The largest absolute Gasteiger partial charge is 0.382 e. The van der Waals surface area contributed by atoms with Gasteiger partial charge in [-0.2, -0.15) is 0 Å². The van der Waals surface area contributed by atoms with Gasteiger partial charge in [0.25, 0.3) is 0 Å². The smallest absolute Gasteiger partial charge is 0.193 e. The highest BCUT2D eigenvalue weighted by molar-refractivity contribution is 6.02. The highest BCUT2D eigenvalue weighted by Crippen LogP contribution is 2.55. The normalized spacial score (nSPS) is 20.7. The van der Waals surface area contributed by atoms with Crippen molar-refractivity contribution in [2.45, 2.75) is 71.5 Å². The van der Waals surface area contributed by atoms with E-state index in [2.05, 4.69) is 20.8 Å². The Morgan fingerprint density at radius 2 is 1.27 bits per heavy atom. The molecule has 2 N–H and O–H groups in total. The average molecular weight is 409 g/mol. The molecule has 0 radical (unpaired) electrons. The fourth-order valence-corrected chi connectivity index (χ4v) is 4.59. The molecule has 4 heteroatoms. The van der Waals surface area contributed by atoms with Gasteiger partial charge in [0.15, 0.2) is 11.6 Å². The van der Waals surface area contributed by atoms with Gasteiger partial charge in [-0.05, 0) is 62.3 Å². The maximum absolute atomic E-state index is 12.5. The molecule has 4 nitrogen and oxygen atoms in total. The molecular formula is C26H32O4. The van der Waals surface area contributed by atoms with Gasteiger partial charge >= 0.3 is 0 Å². The first-order chi connectivity index (χ1) is 13.6. The van der Waals surface area contributed by atoms with Crippen LogP contribution in [0.5, 0.6) is 0 Å². The molecule has 0 heterocycles. The third-order valence-corrected chi connectivity index (χ3v) is 6.73. The van der Waals surface area contributed by atoms with E-state index in [4.69, 9.17) is 0 Å². The monoisotopic (exact) mass is 408 g/mol. The minimum Gasteiger partial charge on any atom is -0.382 e. The van der Waals surface area contributed by atoms with Crippen molar-refractivity contribution in [3.63, 3.8) is 0 Å². The van der Waals surface area contributed by atoms with Crippen molar-refractivity contribution in [1.29, 1.82) is 0 Å². The predicted octanol–water partition coefficient (Wildman–Crippen LogP) is 4.48. The number of carbonyl (C=O) groups is 2. The van der Waals surface area contributed by atoms with Gasteiger partial charge in [0.05, 0.1) is 0 Å². The third-order valence-electron chi connectivity index (χ3n) is 6.73. The van der Waals surface area contributed by atoms with Gasteiger partial charge in [-0.1, -0.05) is 57.2 Å². The van der Waals surface area contributed by atoms with Crippen LogP contribution in [-0.4, -0.2) is 33.0 Å². The second-order valence-electron chi connectivity index (χ2n) is 10.4. The van der Waals surface area contributed by atoms with E-state index in [0.717, 1.165) is 23.1 Å². The first-order valence-electron chi connectivity index (χ1n) is 10.4. The van der Waals surface area contributed by atoms with Gasteiger partial charge in [-0.15, -0.1) is 0 Å². The summed E-state index contributed by atoms with van der Waals surface area (Å²) in [5.74, 6) is -0.591. The van der Waals surface area contributed by atoms with Crippen LogP contribution in [0, 0.1) is 5.41 Å². The fourth-order valence-electron chi connectivity index (χ4n) is 4.59. The summed E-state index contributed by atoms with van der Waals surface area (Å²) in [5, 5.41) is 20.1. The minimum atomic E-state index is -1.41. The highest BCUT2D eigenvalue weighted by Gasteiger charge is 2.50. The lowest BCUT2D eigenvalue weighted by atomic mass is 9.63. The number of fused-ring (bicyclic) bond motifs is 1. The third kappa shape index (κ3) is 3.52. The number of aliphatic hydroxyl groups is 2. The van der Waals surface area contributed by atoms with Crippen LogP contribution in [0.25, 0.3) is 0 Å². The van der Waals surface area contributed by atoms with E-state index >= 15 is 0 Å². The molecule has 1 unspecified atom stereocenters. The van der Waals surface area contributed by atoms with E-state index in [1.807, 2.05) is 24.3 Å². The molecule has 2 aromatic rings. The SMILES string of the molecule is CC(C)(O)C(=O)c1ccc(C2(C)c3ccc(C(=O)C(C)(C)O)cc3CC2(C)C)cc1. The summed E-state index contributed by atoms with van der Waals surface area (Å²) in [4.78, 5) is 24.9. The van der Waals surface area contributed by atoms with Crippen molar-refractivity contribution in [2.75, 3.05) is 0 Å². The van der Waals surface area contributed by atoms with Crippen LogP contribution in [-0.2, 0) is 11.8 Å². The summed E-state index contributed by atoms with van der Waals surface area (Å²) in [7, 11) is 0. The standard InChI is InChI=1S/C26H32O4/c1-23(2)15-18-14-17(22(28)25(5,6)30)10-13-20(18)26(23,7)19-11-8-16(9-12-19)21(27)24(3,4)29/h8-14,29-30H,15H2,1-7H3. The van der Waals surface area contributed by atoms with E-state index in [0.29, 0.717) is 11.1 Å². The number of ketones is 2. The Morgan fingerprint density at radius 1 is 0.800 bits per heavy atom. The Morgan fingerprint density at radius 3 is 1.77 bits per heavy atom. The molecule has 0 aliphatic heterocycles. The Balaban J connectivity index is 2.06. The van der Waals surface area contributed by atoms with Crippen LogP contribution in [0.1, 0.15) is 85.9 Å². The van der Waals surface area contributed by atoms with Crippen molar-refractivity contribution in [2.24, 2.45) is 5.41 Å². The average Bonchev–Trinajstić information content (AvgIpc) is 2.84. The number of benzene rings is 2. The molecule has 0 saturated heterocycles. The van der Waals surface area contributed by atoms with Gasteiger partial charge in [0.1, 0.15) is 11.2 Å². The highest BCUT2D eigenvalue weighted by atomic mass is 16.3. The molecule has 1 aliphatic carbocycles. The van der Waals surface area contributed by atoms with Crippen molar-refractivity contribution in [3.05, 3.63) is 70.3 Å². The molecule has 0 amide bonds. The number of carbonyl (C=O) groups excluding carboxylic acids is 2.